The number of aromatic amines is 1. The van der Waals surface area contributed by atoms with Crippen LogP contribution in [0.2, 0.25) is 13.3 Å². The maximum absolute atomic E-state index is 4.53. The van der Waals surface area contributed by atoms with E-state index in [9.17, 15) is 0 Å². The van der Waals surface area contributed by atoms with E-state index in [1.54, 1.807) is 3.71 Å². The van der Waals surface area contributed by atoms with Crippen LogP contribution in [-0.4, -0.2) is 28.3 Å². The summed E-state index contributed by atoms with van der Waals surface area (Å²) in [7, 11) is 0. The molecule has 0 unspecified atom stereocenters. The third-order valence-corrected chi connectivity index (χ3v) is 20.2. The van der Waals surface area contributed by atoms with Gasteiger partial charge in [-0.25, -0.2) is 0 Å². The Labute approximate surface area is 140 Å². The van der Waals surface area contributed by atoms with Crippen molar-refractivity contribution in [2.45, 2.75) is 72.6 Å². The topological polar surface area (TPSA) is 28.7 Å². The summed E-state index contributed by atoms with van der Waals surface area (Å²) in [5, 5.41) is 1.31. The molecule has 1 N–H and O–H groups in total. The first kappa shape index (κ1) is 17.8. The Morgan fingerprint density at radius 2 is 1.55 bits per heavy atom. The first-order valence-corrected chi connectivity index (χ1v) is 16.7. The van der Waals surface area contributed by atoms with E-state index in [4.69, 9.17) is 0 Å². The van der Waals surface area contributed by atoms with E-state index < -0.39 is 18.4 Å². The summed E-state index contributed by atoms with van der Waals surface area (Å²) >= 11 is -2.30. The van der Waals surface area contributed by atoms with Crippen LogP contribution in [0.5, 0.6) is 0 Å². The Morgan fingerprint density at radius 3 is 2.05 bits per heavy atom. The number of H-pyrrole nitrogens is 1. The molecule has 0 bridgehead atoms. The quantitative estimate of drug-likeness (QED) is 0.509. The van der Waals surface area contributed by atoms with Gasteiger partial charge >= 0.3 is 140 Å². The van der Waals surface area contributed by atoms with Crippen LogP contribution in [0.4, 0.5) is 0 Å². The van der Waals surface area contributed by atoms with Crippen molar-refractivity contribution in [1.29, 1.82) is 0 Å². The van der Waals surface area contributed by atoms with Gasteiger partial charge in [0.25, 0.3) is 0 Å². The molecule has 0 atom stereocenters. The molecular weight excluding hydrogens is 375 g/mol. The molecule has 3 heteroatoms. The Morgan fingerprint density at radius 1 is 0.955 bits per heavy atom. The fourth-order valence-electron chi connectivity index (χ4n) is 3.57. The Hall–Kier alpha value is -0.511. The molecule has 0 aliphatic rings. The van der Waals surface area contributed by atoms with Crippen molar-refractivity contribution in [3.8, 4) is 0 Å². The normalized spacial score (nSPS) is 12.1. The van der Waals surface area contributed by atoms with Gasteiger partial charge in [-0.15, -0.1) is 0 Å². The minimum atomic E-state index is -2.30. The van der Waals surface area contributed by atoms with Gasteiger partial charge in [-0.3, -0.25) is 0 Å². The Bertz CT molecular complexity index is 507. The van der Waals surface area contributed by atoms with Crippen LogP contribution < -0.4 is 3.71 Å². The van der Waals surface area contributed by atoms with Crippen molar-refractivity contribution in [3.05, 3.63) is 24.4 Å². The molecule has 0 saturated heterocycles. The molecule has 0 aromatic carbocycles. The summed E-state index contributed by atoms with van der Waals surface area (Å²) in [6.07, 6.45) is 10.1. The van der Waals surface area contributed by atoms with Crippen LogP contribution in [-0.2, 0) is 0 Å². The predicted molar refractivity (Wildman–Crippen MR) is 101 cm³/mol. The number of nitrogens with zero attached hydrogens (tertiary/aromatic N) is 1. The second kappa shape index (κ2) is 8.95. The van der Waals surface area contributed by atoms with E-state index in [-0.39, 0.29) is 0 Å². The fourth-order valence-corrected chi connectivity index (χ4v) is 19.2. The molecular formula is C19H32N2Sn. The molecule has 0 aliphatic carbocycles. The number of pyridine rings is 1. The van der Waals surface area contributed by atoms with Gasteiger partial charge < -0.3 is 0 Å². The molecule has 122 valence electrons. The second-order valence-corrected chi connectivity index (χ2v) is 19.8. The second-order valence-electron chi connectivity index (χ2n) is 6.72. The van der Waals surface area contributed by atoms with E-state index in [0.717, 1.165) is 5.65 Å². The number of unbranched alkanes of at least 4 members (excludes halogenated alkanes) is 3. The number of hydrogen-bond acceptors (Lipinski definition) is 1. The molecule has 0 spiro atoms. The summed E-state index contributed by atoms with van der Waals surface area (Å²) in [5.74, 6) is 0. The SMILES string of the molecule is CCC[CH2][Sn]([CH2]CCC)([CH2]CCC)[c]1cc2cccnc2[nH]1. The maximum atomic E-state index is 4.53. The zero-order valence-electron chi connectivity index (χ0n) is 14.6. The molecule has 2 rings (SSSR count). The van der Waals surface area contributed by atoms with Crippen molar-refractivity contribution in [3.63, 3.8) is 0 Å². The van der Waals surface area contributed by atoms with Gasteiger partial charge in [0.2, 0.25) is 0 Å². The zero-order chi connectivity index (χ0) is 15.8. The third-order valence-electron chi connectivity index (χ3n) is 4.99. The molecule has 0 saturated carbocycles. The van der Waals surface area contributed by atoms with E-state index in [0.29, 0.717) is 0 Å². The summed E-state index contributed by atoms with van der Waals surface area (Å²) in [6.45, 7) is 7.01. The predicted octanol–water partition coefficient (Wildman–Crippen LogP) is 5.62. The van der Waals surface area contributed by atoms with Crippen molar-refractivity contribution in [2.24, 2.45) is 0 Å². The molecule has 2 nitrogen and oxygen atoms in total. The van der Waals surface area contributed by atoms with Gasteiger partial charge in [-0.2, -0.15) is 0 Å². The molecule has 2 aromatic heterocycles. The fraction of sp³-hybridized carbons (Fsp3) is 0.632. The van der Waals surface area contributed by atoms with Crippen LogP contribution in [0.1, 0.15) is 59.3 Å². The van der Waals surface area contributed by atoms with Crippen molar-refractivity contribution < 1.29 is 0 Å². The van der Waals surface area contributed by atoms with E-state index >= 15 is 0 Å². The van der Waals surface area contributed by atoms with E-state index in [1.807, 2.05) is 6.20 Å². The molecule has 2 aromatic rings. The number of rotatable bonds is 10. The number of fused-ring (bicyclic) bond motifs is 1. The van der Waals surface area contributed by atoms with Gasteiger partial charge in [0.1, 0.15) is 0 Å². The number of nitrogens with one attached hydrogen (secondary N) is 1. The first-order chi connectivity index (χ1) is 10.8. The van der Waals surface area contributed by atoms with Gasteiger partial charge in [-0.05, 0) is 0 Å². The van der Waals surface area contributed by atoms with Crippen LogP contribution in [0, 0.1) is 0 Å². The monoisotopic (exact) mass is 408 g/mol. The average Bonchev–Trinajstić information content (AvgIpc) is 2.99. The molecule has 0 radical (unpaired) electrons. The van der Waals surface area contributed by atoms with Crippen molar-refractivity contribution >= 4 is 33.1 Å². The summed E-state index contributed by atoms with van der Waals surface area (Å²) < 4.78 is 6.17. The van der Waals surface area contributed by atoms with Crippen LogP contribution in [0.15, 0.2) is 24.4 Å². The number of aromatic nitrogens is 2. The summed E-state index contributed by atoms with van der Waals surface area (Å²) in [6, 6.07) is 6.72. The van der Waals surface area contributed by atoms with E-state index in [2.05, 4.69) is 48.9 Å². The van der Waals surface area contributed by atoms with Crippen LogP contribution in [0.25, 0.3) is 11.0 Å². The van der Waals surface area contributed by atoms with Crippen LogP contribution in [0.3, 0.4) is 0 Å². The van der Waals surface area contributed by atoms with E-state index in [1.165, 1.54) is 57.2 Å². The van der Waals surface area contributed by atoms with Gasteiger partial charge in [0.05, 0.1) is 0 Å². The van der Waals surface area contributed by atoms with Crippen LogP contribution >= 0.6 is 0 Å². The zero-order valence-corrected chi connectivity index (χ0v) is 17.5. The summed E-state index contributed by atoms with van der Waals surface area (Å²) in [5.41, 5.74) is 1.10. The standard InChI is InChI=1S/C7H5N2.3C4H9.Sn/c1-2-6-3-5-9-7(6)8-4-1;3*1-3-4-2;/h1-4H,(H,8,9);3*1,3-4H2,2H3;. The number of hydrogen-bond donors (Lipinski definition) is 1. The van der Waals surface area contributed by atoms with Gasteiger partial charge in [0, 0.05) is 0 Å². The van der Waals surface area contributed by atoms with Crippen molar-refractivity contribution in [2.75, 3.05) is 0 Å². The minimum absolute atomic E-state index is 1.10. The Kier molecular flexibility index (Phi) is 7.26. The average molecular weight is 407 g/mol. The molecule has 0 fully saturated rings. The molecule has 22 heavy (non-hydrogen) atoms. The van der Waals surface area contributed by atoms with Gasteiger partial charge in [0.15, 0.2) is 0 Å². The van der Waals surface area contributed by atoms with Gasteiger partial charge in [-0.1, -0.05) is 0 Å². The van der Waals surface area contributed by atoms with Crippen molar-refractivity contribution in [1.82, 2.24) is 9.97 Å². The third kappa shape index (κ3) is 4.27. The molecule has 0 amide bonds. The molecule has 2 heterocycles. The Balaban J connectivity index is 2.37. The molecule has 0 aliphatic heterocycles. The first-order valence-electron chi connectivity index (χ1n) is 9.20. The summed E-state index contributed by atoms with van der Waals surface area (Å²) in [4.78, 5) is 8.28.